The van der Waals surface area contributed by atoms with Crippen LogP contribution in [0.4, 0.5) is 9.59 Å². The van der Waals surface area contributed by atoms with E-state index in [1.165, 1.54) is 13.8 Å². The van der Waals surface area contributed by atoms with E-state index < -0.39 is 163 Å². The Morgan fingerprint density at radius 2 is 1.12 bits per heavy atom. The van der Waals surface area contributed by atoms with E-state index in [0.717, 1.165) is 19.4 Å². The summed E-state index contributed by atoms with van der Waals surface area (Å²) in [5, 5.41) is 11.0. The Labute approximate surface area is 521 Å². The highest BCUT2D eigenvalue weighted by Gasteiger charge is 2.30. The number of nitrogens with one attached hydrogen (secondary N) is 1. The third kappa shape index (κ3) is 69.4. The summed E-state index contributed by atoms with van der Waals surface area (Å²) in [4.78, 5) is 108. The first kappa shape index (κ1) is 34.4. The highest BCUT2D eigenvalue weighted by atomic mass is 35.5. The normalized spacial score (nSPS) is 23.2. The molecule has 0 spiro atoms. The number of aromatic carboxylic acids is 1. The quantitative estimate of drug-likeness (QED) is 0.174. The molecule has 0 saturated carbocycles. The number of nitrogens with two attached hydrogens (primary N) is 1. The number of carbonyl (C=O) groups excluding carboxylic acids is 9. The molecular weight excluding hydrogens is 1020 g/mol. The number of benzene rings is 1. The van der Waals surface area contributed by atoms with Gasteiger partial charge >= 0.3 is 18.2 Å². The Hall–Kier alpha value is -4.58. The van der Waals surface area contributed by atoms with Crippen molar-refractivity contribution < 1.29 is 113 Å². The molecule has 76 heavy (non-hydrogen) atoms. The summed E-state index contributed by atoms with van der Waals surface area (Å²) >= 11 is 11.1. The van der Waals surface area contributed by atoms with Crippen molar-refractivity contribution in [1.29, 1.82) is 0 Å². The number of likely N-dealkylation sites (tertiary alicyclic amines) is 2. The summed E-state index contributed by atoms with van der Waals surface area (Å²) in [6.45, 7) is 0.902. The van der Waals surface area contributed by atoms with E-state index >= 15 is 0 Å². The molecule has 2 atom stereocenters. The number of hydrogen-bond acceptors (Lipinski definition) is 14. The molecule has 1 aromatic rings. The summed E-state index contributed by atoms with van der Waals surface area (Å²) in [7, 11) is 0. The van der Waals surface area contributed by atoms with Crippen molar-refractivity contribution in [2.24, 2.45) is 53.0 Å². The fourth-order valence-electron chi connectivity index (χ4n) is 3.45. The lowest BCUT2D eigenvalue weighted by molar-refractivity contribution is -0.110. The number of rotatable bonds is 11. The van der Waals surface area contributed by atoms with Crippen LogP contribution in [0.1, 0.15) is 226 Å². The average Bonchev–Trinajstić information content (AvgIpc) is 1.63. The van der Waals surface area contributed by atoms with Gasteiger partial charge in [0.1, 0.15) is 60.6 Å². The zero-order chi connectivity index (χ0) is 93.1. The molecule has 1 aromatic carbocycles. The first-order valence-corrected chi connectivity index (χ1v) is 23.0. The number of nitrogens with zero attached hydrogens (tertiary/aromatic N) is 2. The Balaban J connectivity index is -0.000000225. The maximum Gasteiger partial charge on any atom is 0.410 e. The Morgan fingerprint density at radius 1 is 0.697 bits per heavy atom. The molecule has 19 heteroatoms. The van der Waals surface area contributed by atoms with E-state index in [9.17, 15) is 47.9 Å². The van der Waals surface area contributed by atoms with E-state index in [4.69, 9.17) is 94.2 Å². The molecule has 2 aliphatic rings. The number of carbonyl (C=O) groups is 10. The molecule has 2 heterocycles. The number of aldehydes is 7. The van der Waals surface area contributed by atoms with E-state index in [-0.39, 0.29) is 58.7 Å². The van der Waals surface area contributed by atoms with Gasteiger partial charge in [-0.25, -0.2) is 14.4 Å². The lowest BCUT2D eigenvalue weighted by Crippen LogP contribution is -2.39. The molecular formula is C57H104Cl2N4O13. The molecule has 444 valence electrons. The Morgan fingerprint density at radius 3 is 1.36 bits per heavy atom. The molecule has 0 aromatic heterocycles. The lowest BCUT2D eigenvalue weighted by Gasteiger charge is -2.24. The monoisotopic (exact) mass is 1160 g/mol. The number of ether oxygens (including phenoxy) is 2. The van der Waals surface area contributed by atoms with E-state index in [2.05, 4.69) is 5.32 Å². The van der Waals surface area contributed by atoms with Gasteiger partial charge in [0.15, 0.2) is 0 Å². The van der Waals surface area contributed by atoms with Crippen molar-refractivity contribution in [3.05, 3.63) is 33.7 Å². The number of halogens is 2. The predicted octanol–water partition coefficient (Wildman–Crippen LogP) is 11.8. The second kappa shape index (κ2) is 51.2. The Bertz CT molecular complexity index is 3120. The third-order valence-corrected chi connectivity index (χ3v) is 7.19. The maximum atomic E-state index is 11.9. The van der Waals surface area contributed by atoms with Gasteiger partial charge in [-0.15, -0.1) is 0 Å². The zero-order valence-corrected chi connectivity index (χ0v) is 47.0. The van der Waals surface area contributed by atoms with Gasteiger partial charge < -0.3 is 69.0 Å². The summed E-state index contributed by atoms with van der Waals surface area (Å²) in [5.74, 6) is -14.2. The fraction of sp³-hybridized carbons (Fsp3) is 0.719. The van der Waals surface area contributed by atoms with E-state index in [1.54, 1.807) is 37.5 Å². The number of hydrogen-bond donors (Lipinski definition) is 3. The van der Waals surface area contributed by atoms with E-state index in [0.29, 0.717) is 25.9 Å². The van der Waals surface area contributed by atoms with Gasteiger partial charge in [-0.05, 0) is 78.9 Å². The van der Waals surface area contributed by atoms with Crippen LogP contribution in [-0.2, 0) is 43.0 Å². The van der Waals surface area contributed by atoms with Crippen molar-refractivity contribution in [1.82, 2.24) is 15.1 Å². The molecule has 0 unspecified atom stereocenters. The summed E-state index contributed by atoms with van der Waals surface area (Å²) < 4.78 is 262. The van der Waals surface area contributed by atoms with Crippen molar-refractivity contribution in [3.8, 4) is 0 Å². The standard InChI is InChI=1S/C13H26N2O2.C9H18N2O2.C7H4Cl2O2.7C4H8O/c1-10(2)8-14-11-6-7-15(9-11)12(16)17-13(3,4)5;1-9(2,3)13-8(12)11-5-4-7(10)6-11;8-5-3-1-2-4(6(5)9)7(10)11;7*1-4(2)3-5/h10-11,14H,6-9H2,1-5H3;7H,4-6,10H2,1-3H3;1-3H,(H,10,11);7*3-4H,1-2H3/t11-;7-;;;;;;;;/m00......../s1/i8D2;;1D,2D,3D;1D3,2D3,3D,4D;1D3,2D3,4D;1D3,2D3,3D;3D,4D;1D3,2D3;4D;3D. The second-order valence-corrected chi connectivity index (χ2v) is 18.5. The van der Waals surface area contributed by atoms with Gasteiger partial charge in [0.2, 0.25) is 0 Å². The second-order valence-electron chi connectivity index (χ2n) is 17.8. The minimum Gasteiger partial charge on any atom is -0.478 e. The van der Waals surface area contributed by atoms with Gasteiger partial charge in [0, 0.05) is 121 Å². The van der Waals surface area contributed by atoms with Crippen LogP contribution in [-0.4, -0.2) is 133 Å². The molecule has 0 aliphatic carbocycles. The van der Waals surface area contributed by atoms with Crippen LogP contribution in [0, 0.1) is 47.2 Å². The van der Waals surface area contributed by atoms with Gasteiger partial charge in [0.05, 0.1) is 19.7 Å². The highest BCUT2D eigenvalue weighted by Crippen LogP contribution is 2.25. The smallest absolute Gasteiger partial charge is 0.410 e. The van der Waals surface area contributed by atoms with Crippen molar-refractivity contribution >= 4 is 85.3 Å². The van der Waals surface area contributed by atoms with Gasteiger partial charge in [-0.3, -0.25) is 0 Å². The molecule has 0 bridgehead atoms. The number of amides is 2. The largest absolute Gasteiger partial charge is 0.478 e. The first-order chi connectivity index (χ1) is 49.2. The summed E-state index contributed by atoms with van der Waals surface area (Å²) in [5.41, 5.74) is 4.23. The molecule has 0 radical (unpaired) electrons. The molecule has 3 rings (SSSR count). The van der Waals surface area contributed by atoms with Crippen molar-refractivity contribution in [3.63, 3.8) is 0 Å². The van der Waals surface area contributed by atoms with Crippen molar-refractivity contribution in [2.75, 3.05) is 32.7 Å². The van der Waals surface area contributed by atoms with Gasteiger partial charge in [0.25, 0.3) is 0 Å². The predicted molar refractivity (Wildman–Crippen MR) is 309 cm³/mol. The van der Waals surface area contributed by atoms with Crippen LogP contribution in [0.15, 0.2) is 18.1 Å². The fourth-order valence-corrected chi connectivity index (χ4v) is 3.77. The number of carboxylic acid groups (broad SMARTS) is 1. The van der Waals surface area contributed by atoms with Crippen molar-refractivity contribution in [2.45, 2.75) is 188 Å². The third-order valence-electron chi connectivity index (χ3n) is 6.43. The summed E-state index contributed by atoms with van der Waals surface area (Å²) in [6, 6.07) is -1.47. The molecule has 17 nitrogen and oxygen atoms in total. The highest BCUT2D eigenvalue weighted by molar-refractivity contribution is 6.43. The molecule has 2 aliphatic heterocycles. The molecule has 2 amide bonds. The van der Waals surface area contributed by atoms with Crippen LogP contribution in [0.3, 0.4) is 0 Å². The van der Waals surface area contributed by atoms with Gasteiger partial charge in [-0.1, -0.05) is 139 Å². The minimum absolute atomic E-state index is 0.00933. The van der Waals surface area contributed by atoms with E-state index in [1.807, 2.05) is 55.4 Å². The van der Waals surface area contributed by atoms with Crippen LogP contribution in [0.2, 0.25) is 10.0 Å². The molecule has 2 saturated heterocycles. The maximum absolute atomic E-state index is 11.9. The van der Waals surface area contributed by atoms with Crippen LogP contribution < -0.4 is 11.1 Å². The number of carboxylic acids is 1. The van der Waals surface area contributed by atoms with Crippen LogP contribution in [0.5, 0.6) is 0 Å². The first-order valence-electron chi connectivity index (χ1n) is 40.8. The molecule has 4 N–H and O–H groups in total. The zero-order valence-electron chi connectivity index (χ0n) is 82.5. The minimum atomic E-state index is -3.35. The molecule has 2 fully saturated rings. The SMILES string of the molecule is CC(C)(C)OC(=O)N1CC[C@H](N)C1.[2H]C(=O)C(C([2H])([2H])[2H])C([2H])([2H])[2H].[2H]C(=O)C(C)C.[2H]C(=O)C([2H])(C([2H])([2H])[2H])C([2H])([2H])[2H].[2H]C(=O)C([2H])(C)C.[2H]C(C)(C)C=O.[2H]C([2H])(N[C@H]1CCN(C(=O)OC(C)(C)C)C1)C(C)C.[2H]C([2H])([2H])C(C=O)C([2H])([2H])[2H].[2H]C([2H])([2H])C([2H])(C=O)C([2H])([2H])[2H].[2H]c1c([2H])c(Cl)c(Cl)c(C(=O)O)c1[2H]. The Kier molecular flexibility index (Phi) is 23.2. The summed E-state index contributed by atoms with van der Waals surface area (Å²) in [6.07, 6.45) is -3.56. The van der Waals surface area contributed by atoms with Crippen LogP contribution >= 0.6 is 23.2 Å². The van der Waals surface area contributed by atoms with Gasteiger partial charge in [-0.2, -0.15) is 0 Å². The van der Waals surface area contributed by atoms with Crippen LogP contribution in [0.25, 0.3) is 0 Å². The topological polar surface area (TPSA) is 254 Å². The lowest BCUT2D eigenvalue weighted by atomic mass is 10.2. The average molecular weight is 1160 g/mol.